The molecule has 2 rings (SSSR count). The number of anilines is 1. The largest absolute Gasteiger partial charge is 0.383 e. The number of hydrogen-bond acceptors (Lipinski definition) is 5. The predicted molar refractivity (Wildman–Crippen MR) is 75.2 cm³/mol. The van der Waals surface area contributed by atoms with Gasteiger partial charge in [-0.3, -0.25) is 10.1 Å². The number of hydrogen-bond donors (Lipinski definition) is 1. The lowest BCUT2D eigenvalue weighted by molar-refractivity contribution is -0.384. The fourth-order valence-electron chi connectivity index (χ4n) is 2.16. The highest BCUT2D eigenvalue weighted by Crippen LogP contribution is 2.34. The van der Waals surface area contributed by atoms with E-state index in [1.165, 1.54) is 29.6 Å². The molecule has 1 fully saturated rings. The fourth-order valence-corrected chi connectivity index (χ4v) is 3.88. The molecule has 1 saturated carbocycles. The topological polar surface area (TPSA) is 92.5 Å². The van der Waals surface area contributed by atoms with E-state index < -0.39 is 14.9 Å². The SMILES string of the molecule is CCN(C1CC1)S(=O)(=O)c1ccc([N+](=O)[O-])c(NC)c1. The summed E-state index contributed by atoms with van der Waals surface area (Å²) >= 11 is 0. The van der Waals surface area contributed by atoms with Crippen LogP contribution < -0.4 is 5.32 Å². The lowest BCUT2D eigenvalue weighted by atomic mass is 10.3. The Balaban J connectivity index is 2.44. The number of benzene rings is 1. The molecule has 0 aliphatic heterocycles. The molecule has 0 heterocycles. The van der Waals surface area contributed by atoms with Gasteiger partial charge < -0.3 is 5.32 Å². The second kappa shape index (κ2) is 5.37. The van der Waals surface area contributed by atoms with Crippen LogP contribution in [0.25, 0.3) is 0 Å². The minimum absolute atomic E-state index is 0.0678. The highest BCUT2D eigenvalue weighted by molar-refractivity contribution is 7.89. The fraction of sp³-hybridized carbons (Fsp3) is 0.500. The van der Waals surface area contributed by atoms with Crippen LogP contribution in [-0.2, 0) is 10.0 Å². The van der Waals surface area contributed by atoms with E-state index in [-0.39, 0.29) is 22.3 Å². The average molecular weight is 299 g/mol. The van der Waals surface area contributed by atoms with Crippen LogP contribution in [0.5, 0.6) is 0 Å². The molecule has 1 N–H and O–H groups in total. The Morgan fingerprint density at radius 1 is 1.45 bits per heavy atom. The maximum atomic E-state index is 12.5. The predicted octanol–water partition coefficient (Wildman–Crippen LogP) is 1.81. The van der Waals surface area contributed by atoms with Crippen LogP contribution in [0.15, 0.2) is 23.1 Å². The van der Waals surface area contributed by atoms with Gasteiger partial charge in [0.1, 0.15) is 5.69 Å². The van der Waals surface area contributed by atoms with E-state index in [9.17, 15) is 18.5 Å². The minimum Gasteiger partial charge on any atom is -0.383 e. The first-order valence-corrected chi connectivity index (χ1v) is 7.83. The van der Waals surface area contributed by atoms with E-state index in [0.29, 0.717) is 6.54 Å². The van der Waals surface area contributed by atoms with Gasteiger partial charge in [-0.15, -0.1) is 0 Å². The standard InChI is InChI=1S/C12H17N3O4S/c1-3-14(9-4-5-9)20(18,19)10-6-7-12(15(16)17)11(8-10)13-2/h6-9,13H,3-5H2,1-2H3. The Hall–Kier alpha value is -1.67. The zero-order chi connectivity index (χ0) is 14.9. The van der Waals surface area contributed by atoms with Crippen molar-refractivity contribution in [2.75, 3.05) is 18.9 Å². The van der Waals surface area contributed by atoms with E-state index in [2.05, 4.69) is 5.32 Å². The zero-order valence-corrected chi connectivity index (χ0v) is 12.2. The summed E-state index contributed by atoms with van der Waals surface area (Å²) in [6.45, 7) is 2.19. The van der Waals surface area contributed by atoms with Crippen LogP contribution in [0.1, 0.15) is 19.8 Å². The molecule has 0 radical (unpaired) electrons. The van der Waals surface area contributed by atoms with E-state index in [1.54, 1.807) is 6.92 Å². The summed E-state index contributed by atoms with van der Waals surface area (Å²) in [7, 11) is -2.07. The third kappa shape index (κ3) is 2.61. The second-order valence-corrected chi connectivity index (χ2v) is 6.52. The Labute approximate surface area is 117 Å². The van der Waals surface area contributed by atoms with E-state index in [0.717, 1.165) is 12.8 Å². The molecular formula is C12H17N3O4S. The number of sulfonamides is 1. The maximum Gasteiger partial charge on any atom is 0.292 e. The van der Waals surface area contributed by atoms with Crippen LogP contribution >= 0.6 is 0 Å². The Morgan fingerprint density at radius 3 is 2.55 bits per heavy atom. The third-order valence-electron chi connectivity index (χ3n) is 3.31. The quantitative estimate of drug-likeness (QED) is 0.638. The van der Waals surface area contributed by atoms with Gasteiger partial charge in [0.05, 0.1) is 9.82 Å². The summed E-state index contributed by atoms with van der Waals surface area (Å²) in [6, 6.07) is 3.90. The van der Waals surface area contributed by atoms with Crippen LogP contribution in [-0.4, -0.2) is 37.3 Å². The van der Waals surface area contributed by atoms with Crippen LogP contribution in [0.4, 0.5) is 11.4 Å². The van der Waals surface area contributed by atoms with Gasteiger partial charge in [0.25, 0.3) is 5.69 Å². The average Bonchev–Trinajstić information content (AvgIpc) is 3.22. The lowest BCUT2D eigenvalue weighted by Crippen LogP contribution is -2.32. The first kappa shape index (κ1) is 14.7. The molecule has 0 unspecified atom stereocenters. The maximum absolute atomic E-state index is 12.5. The minimum atomic E-state index is -3.59. The molecule has 1 aromatic carbocycles. The molecule has 20 heavy (non-hydrogen) atoms. The van der Waals surface area contributed by atoms with Crippen molar-refractivity contribution < 1.29 is 13.3 Å². The Kier molecular flexibility index (Phi) is 3.96. The van der Waals surface area contributed by atoms with Crippen molar-refractivity contribution in [2.24, 2.45) is 0 Å². The van der Waals surface area contributed by atoms with E-state index in [1.807, 2.05) is 0 Å². The molecule has 0 spiro atoms. The van der Waals surface area contributed by atoms with Gasteiger partial charge in [0.2, 0.25) is 10.0 Å². The lowest BCUT2D eigenvalue weighted by Gasteiger charge is -2.20. The van der Waals surface area contributed by atoms with Crippen molar-refractivity contribution in [3.05, 3.63) is 28.3 Å². The van der Waals surface area contributed by atoms with Gasteiger partial charge >= 0.3 is 0 Å². The summed E-state index contributed by atoms with van der Waals surface area (Å²) < 4.78 is 26.5. The summed E-state index contributed by atoms with van der Waals surface area (Å²) in [4.78, 5) is 10.4. The van der Waals surface area contributed by atoms with E-state index >= 15 is 0 Å². The van der Waals surface area contributed by atoms with Gasteiger partial charge in [-0.2, -0.15) is 4.31 Å². The summed E-state index contributed by atoms with van der Waals surface area (Å²) in [5.74, 6) is 0. The number of nitrogens with zero attached hydrogens (tertiary/aromatic N) is 2. The van der Waals surface area contributed by atoms with E-state index in [4.69, 9.17) is 0 Å². The number of rotatable bonds is 6. The van der Waals surface area contributed by atoms with Gasteiger partial charge in [-0.1, -0.05) is 6.92 Å². The molecule has 1 aliphatic carbocycles. The van der Waals surface area contributed by atoms with Crippen molar-refractivity contribution in [2.45, 2.75) is 30.7 Å². The van der Waals surface area contributed by atoms with Gasteiger partial charge in [0, 0.05) is 25.7 Å². The molecule has 8 heteroatoms. The molecular weight excluding hydrogens is 282 g/mol. The van der Waals surface area contributed by atoms with Crippen LogP contribution in [0, 0.1) is 10.1 Å². The molecule has 7 nitrogen and oxygen atoms in total. The Morgan fingerprint density at radius 2 is 2.10 bits per heavy atom. The Bertz CT molecular complexity index is 626. The first-order chi connectivity index (χ1) is 9.41. The summed E-state index contributed by atoms with van der Waals surface area (Å²) in [5.41, 5.74) is 0.0591. The summed E-state index contributed by atoms with van der Waals surface area (Å²) in [6.07, 6.45) is 1.75. The molecule has 0 bridgehead atoms. The van der Waals surface area contributed by atoms with Crippen molar-refractivity contribution in [3.8, 4) is 0 Å². The third-order valence-corrected chi connectivity index (χ3v) is 5.33. The van der Waals surface area contributed by atoms with Crippen LogP contribution in [0.3, 0.4) is 0 Å². The molecule has 1 aromatic rings. The molecule has 0 atom stereocenters. The molecule has 0 saturated heterocycles. The number of nitro groups is 1. The van der Waals surface area contributed by atoms with Crippen molar-refractivity contribution >= 4 is 21.4 Å². The highest BCUT2D eigenvalue weighted by atomic mass is 32.2. The zero-order valence-electron chi connectivity index (χ0n) is 11.4. The van der Waals surface area contributed by atoms with Gasteiger partial charge in [-0.25, -0.2) is 8.42 Å². The normalized spacial score (nSPS) is 15.3. The molecule has 0 aromatic heterocycles. The number of nitro benzene ring substituents is 1. The second-order valence-electron chi connectivity index (χ2n) is 4.63. The smallest absolute Gasteiger partial charge is 0.292 e. The van der Waals surface area contributed by atoms with Crippen LogP contribution in [0.2, 0.25) is 0 Å². The van der Waals surface area contributed by atoms with Crippen molar-refractivity contribution in [1.29, 1.82) is 0 Å². The highest BCUT2D eigenvalue weighted by Gasteiger charge is 2.37. The molecule has 110 valence electrons. The number of nitrogens with one attached hydrogen (secondary N) is 1. The van der Waals surface area contributed by atoms with Crippen molar-refractivity contribution in [1.82, 2.24) is 4.31 Å². The van der Waals surface area contributed by atoms with Crippen molar-refractivity contribution in [3.63, 3.8) is 0 Å². The van der Waals surface area contributed by atoms with Gasteiger partial charge in [0.15, 0.2) is 0 Å². The molecule has 0 amide bonds. The molecule has 1 aliphatic rings. The first-order valence-electron chi connectivity index (χ1n) is 6.39. The summed E-state index contributed by atoms with van der Waals surface area (Å²) in [5, 5.41) is 13.5. The monoisotopic (exact) mass is 299 g/mol. The van der Waals surface area contributed by atoms with Gasteiger partial charge in [-0.05, 0) is 25.0 Å².